The first-order valence-electron chi connectivity index (χ1n) is 5.35. The van der Waals surface area contributed by atoms with E-state index in [1.165, 1.54) is 0 Å². The van der Waals surface area contributed by atoms with Crippen LogP contribution in [-0.4, -0.2) is 12.1 Å². The molecule has 0 fully saturated rings. The average molecular weight is 280 g/mol. The van der Waals surface area contributed by atoms with E-state index in [0.29, 0.717) is 10.6 Å². The van der Waals surface area contributed by atoms with Crippen LogP contribution in [0.25, 0.3) is 0 Å². The SMILES string of the molecule is CC(C)C(NC(=O)C(F)(F)F)c1ccc(Cl)cc1. The van der Waals surface area contributed by atoms with Gasteiger partial charge in [0.25, 0.3) is 0 Å². The van der Waals surface area contributed by atoms with E-state index < -0.39 is 18.1 Å². The Balaban J connectivity index is 2.91. The molecule has 1 N–H and O–H groups in total. The zero-order valence-electron chi connectivity index (χ0n) is 9.88. The Kier molecular flexibility index (Phi) is 4.62. The van der Waals surface area contributed by atoms with E-state index in [2.05, 4.69) is 0 Å². The number of rotatable bonds is 3. The van der Waals surface area contributed by atoms with Gasteiger partial charge in [0.05, 0.1) is 6.04 Å². The average Bonchev–Trinajstić information content (AvgIpc) is 2.25. The molecule has 0 heterocycles. The van der Waals surface area contributed by atoms with Crippen LogP contribution >= 0.6 is 11.6 Å². The summed E-state index contributed by atoms with van der Waals surface area (Å²) in [6, 6.07) is 5.65. The molecule has 0 aliphatic carbocycles. The molecule has 1 aromatic carbocycles. The maximum absolute atomic E-state index is 12.2. The highest BCUT2D eigenvalue weighted by Gasteiger charge is 2.40. The van der Waals surface area contributed by atoms with E-state index in [1.54, 1.807) is 38.1 Å². The number of carbonyl (C=O) groups is 1. The Morgan fingerprint density at radius 2 is 1.72 bits per heavy atom. The van der Waals surface area contributed by atoms with E-state index >= 15 is 0 Å². The molecule has 0 aliphatic heterocycles. The van der Waals surface area contributed by atoms with Gasteiger partial charge in [-0.1, -0.05) is 37.6 Å². The monoisotopic (exact) mass is 279 g/mol. The summed E-state index contributed by atoms with van der Waals surface area (Å²) in [6.45, 7) is 3.46. The molecule has 0 bridgehead atoms. The molecule has 0 aliphatic rings. The van der Waals surface area contributed by atoms with Crippen LogP contribution < -0.4 is 5.32 Å². The molecule has 1 atom stereocenters. The first-order valence-corrected chi connectivity index (χ1v) is 5.72. The number of halogens is 4. The molecule has 2 nitrogen and oxygen atoms in total. The van der Waals surface area contributed by atoms with Gasteiger partial charge >= 0.3 is 12.1 Å². The highest BCUT2D eigenvalue weighted by molar-refractivity contribution is 6.30. The van der Waals surface area contributed by atoms with Gasteiger partial charge in [-0.05, 0) is 23.6 Å². The van der Waals surface area contributed by atoms with E-state index in [1.807, 2.05) is 5.32 Å². The van der Waals surface area contributed by atoms with E-state index in [0.717, 1.165) is 0 Å². The second-order valence-corrected chi connectivity index (χ2v) is 4.68. The molecule has 6 heteroatoms. The van der Waals surface area contributed by atoms with Gasteiger partial charge in [-0.2, -0.15) is 13.2 Å². The van der Waals surface area contributed by atoms with Crippen molar-refractivity contribution in [2.24, 2.45) is 5.92 Å². The summed E-state index contributed by atoms with van der Waals surface area (Å²) in [5.41, 5.74) is 0.590. The largest absolute Gasteiger partial charge is 0.471 e. The first kappa shape index (κ1) is 14.8. The Morgan fingerprint density at radius 1 is 1.22 bits per heavy atom. The zero-order valence-corrected chi connectivity index (χ0v) is 10.6. The molecule has 1 unspecified atom stereocenters. The van der Waals surface area contributed by atoms with Crippen molar-refractivity contribution in [3.63, 3.8) is 0 Å². The number of hydrogen-bond donors (Lipinski definition) is 1. The lowest BCUT2D eigenvalue weighted by atomic mass is 9.96. The molecule has 1 rings (SSSR count). The normalized spacial score (nSPS) is 13.5. The van der Waals surface area contributed by atoms with E-state index in [4.69, 9.17) is 11.6 Å². The Morgan fingerprint density at radius 3 is 2.11 bits per heavy atom. The number of amides is 1. The summed E-state index contributed by atoms with van der Waals surface area (Å²) in [4.78, 5) is 11.0. The van der Waals surface area contributed by atoms with Crippen LogP contribution in [0.1, 0.15) is 25.5 Å². The van der Waals surface area contributed by atoms with Crippen molar-refractivity contribution >= 4 is 17.5 Å². The highest BCUT2D eigenvalue weighted by atomic mass is 35.5. The van der Waals surface area contributed by atoms with Gasteiger partial charge in [0.1, 0.15) is 0 Å². The van der Waals surface area contributed by atoms with Crippen LogP contribution in [0.3, 0.4) is 0 Å². The van der Waals surface area contributed by atoms with Gasteiger partial charge in [0.15, 0.2) is 0 Å². The lowest BCUT2D eigenvalue weighted by Crippen LogP contribution is -2.40. The molecule has 0 saturated carbocycles. The van der Waals surface area contributed by atoms with Gasteiger partial charge < -0.3 is 5.32 Å². The Hall–Kier alpha value is -1.23. The molecular weight excluding hydrogens is 267 g/mol. The molecule has 1 aromatic rings. The smallest absolute Gasteiger partial charge is 0.341 e. The highest BCUT2D eigenvalue weighted by Crippen LogP contribution is 2.25. The molecule has 0 saturated heterocycles. The fourth-order valence-corrected chi connectivity index (χ4v) is 1.65. The lowest BCUT2D eigenvalue weighted by Gasteiger charge is -2.23. The minimum Gasteiger partial charge on any atom is -0.341 e. The third kappa shape index (κ3) is 3.91. The van der Waals surface area contributed by atoms with Crippen molar-refractivity contribution in [1.82, 2.24) is 5.32 Å². The molecule has 18 heavy (non-hydrogen) atoms. The third-order valence-electron chi connectivity index (χ3n) is 2.44. The van der Waals surface area contributed by atoms with Crippen molar-refractivity contribution in [3.8, 4) is 0 Å². The number of nitrogens with one attached hydrogen (secondary N) is 1. The molecule has 0 radical (unpaired) electrons. The van der Waals surface area contributed by atoms with Crippen LogP contribution in [0.5, 0.6) is 0 Å². The van der Waals surface area contributed by atoms with Crippen molar-refractivity contribution in [2.45, 2.75) is 26.1 Å². The molecule has 100 valence electrons. The summed E-state index contributed by atoms with van der Waals surface area (Å²) in [5, 5.41) is 2.47. The maximum atomic E-state index is 12.2. The lowest BCUT2D eigenvalue weighted by molar-refractivity contribution is -0.174. The third-order valence-corrected chi connectivity index (χ3v) is 2.69. The zero-order chi connectivity index (χ0) is 13.9. The molecule has 0 spiro atoms. The van der Waals surface area contributed by atoms with E-state index in [9.17, 15) is 18.0 Å². The number of hydrogen-bond acceptors (Lipinski definition) is 1. The Bertz CT molecular complexity index is 414. The standard InChI is InChI=1S/C12H13ClF3NO/c1-7(2)10(17-11(18)12(14,15)16)8-3-5-9(13)6-4-8/h3-7,10H,1-2H3,(H,17,18). The minimum absolute atomic E-state index is 0.169. The summed E-state index contributed by atoms with van der Waals surface area (Å²) in [5.74, 6) is -2.10. The molecule has 0 aromatic heterocycles. The van der Waals surface area contributed by atoms with Crippen molar-refractivity contribution in [1.29, 1.82) is 0 Å². The predicted molar refractivity (Wildman–Crippen MR) is 63.2 cm³/mol. The van der Waals surface area contributed by atoms with Gasteiger partial charge in [-0.3, -0.25) is 4.79 Å². The maximum Gasteiger partial charge on any atom is 0.471 e. The summed E-state index contributed by atoms with van der Waals surface area (Å²) in [7, 11) is 0. The minimum atomic E-state index is -4.88. The van der Waals surface area contributed by atoms with E-state index in [-0.39, 0.29) is 5.92 Å². The Labute approximate surface area is 108 Å². The fourth-order valence-electron chi connectivity index (χ4n) is 1.53. The van der Waals surface area contributed by atoms with Crippen LogP contribution in [0, 0.1) is 5.92 Å². The fraction of sp³-hybridized carbons (Fsp3) is 0.417. The predicted octanol–water partition coefficient (Wildman–Crippen LogP) is 3.72. The van der Waals surface area contributed by atoms with Crippen molar-refractivity contribution in [3.05, 3.63) is 34.9 Å². The van der Waals surface area contributed by atoms with Gasteiger partial charge in [-0.15, -0.1) is 0 Å². The van der Waals surface area contributed by atoms with Crippen molar-refractivity contribution < 1.29 is 18.0 Å². The van der Waals surface area contributed by atoms with Gasteiger partial charge in [0, 0.05) is 5.02 Å². The van der Waals surface area contributed by atoms with Crippen molar-refractivity contribution in [2.75, 3.05) is 0 Å². The second-order valence-electron chi connectivity index (χ2n) is 4.24. The molecule has 1 amide bonds. The van der Waals surface area contributed by atoms with Gasteiger partial charge in [-0.25, -0.2) is 0 Å². The number of carbonyl (C=O) groups excluding carboxylic acids is 1. The summed E-state index contributed by atoms with van der Waals surface area (Å²) >= 11 is 5.71. The summed E-state index contributed by atoms with van der Waals surface area (Å²) in [6.07, 6.45) is -4.88. The first-order chi connectivity index (χ1) is 8.21. The molecular formula is C12H13ClF3NO. The van der Waals surface area contributed by atoms with Crippen LogP contribution in [0.15, 0.2) is 24.3 Å². The summed E-state index contributed by atoms with van der Waals surface area (Å²) < 4.78 is 36.7. The van der Waals surface area contributed by atoms with Crippen LogP contribution in [0.4, 0.5) is 13.2 Å². The van der Waals surface area contributed by atoms with Gasteiger partial charge in [0.2, 0.25) is 0 Å². The number of alkyl halides is 3. The van der Waals surface area contributed by atoms with Crippen LogP contribution in [0.2, 0.25) is 5.02 Å². The topological polar surface area (TPSA) is 29.1 Å². The quantitative estimate of drug-likeness (QED) is 0.898. The number of benzene rings is 1. The second kappa shape index (κ2) is 5.61. The van der Waals surface area contributed by atoms with Crippen LogP contribution in [-0.2, 0) is 4.79 Å².